The topological polar surface area (TPSA) is 57.7 Å². The lowest BCUT2D eigenvalue weighted by atomic mass is 9.96. The fraction of sp³-hybridized carbons (Fsp3) is 0.500. The van der Waals surface area contributed by atoms with Crippen LogP contribution >= 0.6 is 11.6 Å². The summed E-state index contributed by atoms with van der Waals surface area (Å²) in [7, 11) is -2.10. The molecule has 0 radical (unpaired) electrons. The Hall–Kier alpha value is -1.18. The van der Waals surface area contributed by atoms with Gasteiger partial charge in [-0.25, -0.2) is 12.8 Å². The van der Waals surface area contributed by atoms with Crippen LogP contribution in [0.1, 0.15) is 17.5 Å². The van der Waals surface area contributed by atoms with Crippen molar-refractivity contribution >= 4 is 33.2 Å². The lowest BCUT2D eigenvalue weighted by Gasteiger charge is -2.32. The van der Waals surface area contributed by atoms with Gasteiger partial charge in [-0.1, -0.05) is 11.6 Å². The predicted molar refractivity (Wildman–Crippen MR) is 84.3 cm³/mol. The van der Waals surface area contributed by atoms with Crippen LogP contribution in [-0.4, -0.2) is 45.0 Å². The molecule has 1 heterocycles. The number of amides is 1. The zero-order chi connectivity index (χ0) is 16.7. The molecule has 22 heavy (non-hydrogen) atoms. The lowest BCUT2D eigenvalue weighted by molar-refractivity contribution is -0.118. The molecule has 0 atom stereocenters. The molecule has 0 unspecified atom stereocenters. The normalized spacial score (nSPS) is 15.1. The standard InChI is InChI=1S/C14H18ClFN2O3S/c1-9-10-5-4-6-18(14(10)11(15)7-12(9)16)13(19)8-17(2)22(3,20)21/h7H,4-6,8H2,1-3H3. The number of carbonyl (C=O) groups excluding carboxylic acids is 1. The van der Waals surface area contributed by atoms with Crippen molar-refractivity contribution in [3.05, 3.63) is 28.0 Å². The average molecular weight is 349 g/mol. The first-order valence-corrected chi connectivity index (χ1v) is 9.04. The maximum Gasteiger partial charge on any atom is 0.242 e. The highest BCUT2D eigenvalue weighted by Gasteiger charge is 2.29. The van der Waals surface area contributed by atoms with Crippen LogP contribution in [-0.2, 0) is 21.2 Å². The Morgan fingerprint density at radius 2 is 2.14 bits per heavy atom. The second-order valence-corrected chi connectivity index (χ2v) is 7.96. The van der Waals surface area contributed by atoms with Crippen LogP contribution in [0, 0.1) is 12.7 Å². The number of hydrogen-bond donors (Lipinski definition) is 0. The van der Waals surface area contributed by atoms with Gasteiger partial charge in [0.1, 0.15) is 5.82 Å². The third kappa shape index (κ3) is 3.26. The van der Waals surface area contributed by atoms with Gasteiger partial charge in [-0.2, -0.15) is 4.31 Å². The number of fused-ring (bicyclic) bond motifs is 1. The minimum absolute atomic E-state index is 0.174. The molecule has 0 saturated heterocycles. The summed E-state index contributed by atoms with van der Waals surface area (Å²) < 4.78 is 37.6. The van der Waals surface area contributed by atoms with Gasteiger partial charge in [0.2, 0.25) is 15.9 Å². The fourth-order valence-electron chi connectivity index (χ4n) is 2.52. The Bertz CT molecular complexity index is 721. The van der Waals surface area contributed by atoms with Crippen LogP contribution in [0.15, 0.2) is 6.07 Å². The molecule has 1 aromatic rings. The number of nitrogens with zero attached hydrogens (tertiary/aromatic N) is 2. The number of halogens is 2. The van der Waals surface area contributed by atoms with Crippen LogP contribution in [0.4, 0.5) is 10.1 Å². The Morgan fingerprint density at radius 1 is 1.50 bits per heavy atom. The molecule has 1 aliphatic rings. The van der Waals surface area contributed by atoms with E-state index in [0.717, 1.165) is 10.6 Å². The van der Waals surface area contributed by atoms with Crippen LogP contribution in [0.25, 0.3) is 0 Å². The van der Waals surface area contributed by atoms with E-state index in [4.69, 9.17) is 11.6 Å². The molecule has 1 aliphatic heterocycles. The summed E-state index contributed by atoms with van der Waals surface area (Å²) in [6.07, 6.45) is 2.36. The van der Waals surface area contributed by atoms with Gasteiger partial charge in [-0.3, -0.25) is 4.79 Å². The van der Waals surface area contributed by atoms with Gasteiger partial charge in [0, 0.05) is 13.6 Å². The Kier molecular flexibility index (Phi) is 4.79. The number of carbonyl (C=O) groups is 1. The van der Waals surface area contributed by atoms with Gasteiger partial charge in [-0.15, -0.1) is 0 Å². The van der Waals surface area contributed by atoms with E-state index in [0.29, 0.717) is 36.2 Å². The van der Waals surface area contributed by atoms with Gasteiger partial charge in [0.05, 0.1) is 23.5 Å². The van der Waals surface area contributed by atoms with Gasteiger partial charge >= 0.3 is 0 Å². The fourth-order valence-corrected chi connectivity index (χ4v) is 3.18. The zero-order valence-electron chi connectivity index (χ0n) is 12.7. The van der Waals surface area contributed by atoms with E-state index in [2.05, 4.69) is 0 Å². The highest BCUT2D eigenvalue weighted by atomic mass is 35.5. The van der Waals surface area contributed by atoms with E-state index in [9.17, 15) is 17.6 Å². The predicted octanol–water partition coefficient (Wildman–Crippen LogP) is 1.96. The van der Waals surface area contributed by atoms with E-state index >= 15 is 0 Å². The SMILES string of the molecule is Cc1c(F)cc(Cl)c2c1CCCN2C(=O)CN(C)S(C)(=O)=O. The summed E-state index contributed by atoms with van der Waals surface area (Å²) >= 11 is 6.12. The van der Waals surface area contributed by atoms with Crippen molar-refractivity contribution < 1.29 is 17.6 Å². The summed E-state index contributed by atoms with van der Waals surface area (Å²) in [6, 6.07) is 1.20. The number of rotatable bonds is 3. The van der Waals surface area contributed by atoms with Crippen molar-refractivity contribution in [3.63, 3.8) is 0 Å². The van der Waals surface area contributed by atoms with Crippen LogP contribution < -0.4 is 4.90 Å². The molecule has 0 bridgehead atoms. The smallest absolute Gasteiger partial charge is 0.242 e. The second kappa shape index (κ2) is 6.14. The molecule has 1 aromatic carbocycles. The summed E-state index contributed by atoms with van der Waals surface area (Å²) in [5, 5.41) is 0.174. The minimum atomic E-state index is -3.45. The van der Waals surface area contributed by atoms with E-state index < -0.39 is 15.8 Å². The van der Waals surface area contributed by atoms with Crippen molar-refractivity contribution in [2.24, 2.45) is 0 Å². The molecule has 0 aromatic heterocycles. The van der Waals surface area contributed by atoms with Gasteiger partial charge in [0.25, 0.3) is 0 Å². The average Bonchev–Trinajstić information content (AvgIpc) is 2.43. The molecule has 0 fully saturated rings. The van der Waals surface area contributed by atoms with E-state index in [1.54, 1.807) is 6.92 Å². The molecule has 122 valence electrons. The quantitative estimate of drug-likeness (QED) is 0.839. The molecule has 0 saturated carbocycles. The highest BCUT2D eigenvalue weighted by Crippen LogP contribution is 2.37. The number of benzene rings is 1. The van der Waals surface area contributed by atoms with Crippen LogP contribution in [0.3, 0.4) is 0 Å². The molecule has 0 aliphatic carbocycles. The van der Waals surface area contributed by atoms with Gasteiger partial charge in [0.15, 0.2) is 0 Å². The number of sulfonamides is 1. The van der Waals surface area contributed by atoms with E-state index in [1.807, 2.05) is 0 Å². The Balaban J connectivity index is 2.37. The molecule has 8 heteroatoms. The first-order valence-electron chi connectivity index (χ1n) is 6.82. The first-order chi connectivity index (χ1) is 10.1. The van der Waals surface area contributed by atoms with Crippen molar-refractivity contribution in [2.45, 2.75) is 19.8 Å². The number of anilines is 1. The molecule has 0 spiro atoms. The number of likely N-dealkylation sites (N-methyl/N-ethyl adjacent to an activating group) is 1. The second-order valence-electron chi connectivity index (χ2n) is 5.46. The summed E-state index contributed by atoms with van der Waals surface area (Å²) in [6.45, 7) is 1.82. The van der Waals surface area contributed by atoms with Crippen molar-refractivity contribution in [2.75, 3.05) is 31.3 Å². The van der Waals surface area contributed by atoms with Crippen molar-refractivity contribution in [3.8, 4) is 0 Å². The summed E-state index contributed by atoms with van der Waals surface area (Å²) in [5.41, 5.74) is 1.69. The third-order valence-electron chi connectivity index (χ3n) is 3.88. The van der Waals surface area contributed by atoms with E-state index in [1.165, 1.54) is 18.0 Å². The molecule has 1 amide bonds. The van der Waals surface area contributed by atoms with E-state index in [-0.39, 0.29) is 17.5 Å². The highest BCUT2D eigenvalue weighted by molar-refractivity contribution is 7.88. The molecule has 5 nitrogen and oxygen atoms in total. The summed E-state index contributed by atoms with van der Waals surface area (Å²) in [5.74, 6) is -0.770. The monoisotopic (exact) mass is 348 g/mol. The zero-order valence-corrected chi connectivity index (χ0v) is 14.3. The first kappa shape index (κ1) is 17.2. The van der Waals surface area contributed by atoms with Crippen molar-refractivity contribution in [1.82, 2.24) is 4.31 Å². The maximum absolute atomic E-state index is 13.8. The summed E-state index contributed by atoms with van der Waals surface area (Å²) in [4.78, 5) is 13.9. The van der Waals surface area contributed by atoms with Gasteiger partial charge in [-0.05, 0) is 37.0 Å². The Morgan fingerprint density at radius 3 is 2.73 bits per heavy atom. The third-order valence-corrected chi connectivity index (χ3v) is 5.43. The minimum Gasteiger partial charge on any atom is -0.310 e. The number of hydrogen-bond acceptors (Lipinski definition) is 3. The largest absolute Gasteiger partial charge is 0.310 e. The Labute approximate surface area is 134 Å². The molecular weight excluding hydrogens is 331 g/mol. The lowest BCUT2D eigenvalue weighted by Crippen LogP contribution is -2.43. The van der Waals surface area contributed by atoms with Crippen LogP contribution in [0.2, 0.25) is 5.02 Å². The molecule has 2 rings (SSSR count). The van der Waals surface area contributed by atoms with Gasteiger partial charge < -0.3 is 4.90 Å². The van der Waals surface area contributed by atoms with Crippen LogP contribution in [0.5, 0.6) is 0 Å². The molecule has 0 N–H and O–H groups in total. The van der Waals surface area contributed by atoms with Crippen molar-refractivity contribution in [1.29, 1.82) is 0 Å². The maximum atomic E-state index is 13.8. The molecular formula is C14H18ClFN2O3S.